The lowest BCUT2D eigenvalue weighted by Crippen LogP contribution is -2.26. The van der Waals surface area contributed by atoms with Crippen molar-refractivity contribution in [3.8, 4) is 0 Å². The van der Waals surface area contributed by atoms with E-state index in [1.807, 2.05) is 25.6 Å². The minimum absolute atomic E-state index is 0.0857. The first-order chi connectivity index (χ1) is 9.11. The van der Waals surface area contributed by atoms with Crippen molar-refractivity contribution in [3.63, 3.8) is 0 Å². The Kier molecular flexibility index (Phi) is 4.68. The van der Waals surface area contributed by atoms with E-state index in [1.165, 1.54) is 5.56 Å². The Labute approximate surface area is 117 Å². The third-order valence-electron chi connectivity index (χ3n) is 2.90. The van der Waals surface area contributed by atoms with Gasteiger partial charge in [0.15, 0.2) is 0 Å². The van der Waals surface area contributed by atoms with Crippen molar-refractivity contribution in [1.82, 2.24) is 20.1 Å². The van der Waals surface area contributed by atoms with Gasteiger partial charge in [0, 0.05) is 43.5 Å². The number of nitrogens with one attached hydrogen (secondary N) is 1. The standard InChI is InChI=1S/C13H20N4OS/c1-9-8-19-13(15-9)12(14-5-6-18-4)11-7-17(3)16-10(11)2/h7-8,12,14H,5-6H2,1-4H3. The lowest BCUT2D eigenvalue weighted by atomic mass is 10.1. The summed E-state index contributed by atoms with van der Waals surface area (Å²) in [5, 5.41) is 11.1. The largest absolute Gasteiger partial charge is 0.383 e. The molecule has 6 heteroatoms. The van der Waals surface area contributed by atoms with Gasteiger partial charge in [-0.15, -0.1) is 11.3 Å². The van der Waals surface area contributed by atoms with Crippen LogP contribution in [0.1, 0.15) is 28.0 Å². The normalized spacial score (nSPS) is 12.8. The van der Waals surface area contributed by atoms with Gasteiger partial charge in [-0.3, -0.25) is 4.68 Å². The van der Waals surface area contributed by atoms with E-state index in [0.29, 0.717) is 6.61 Å². The van der Waals surface area contributed by atoms with Gasteiger partial charge in [0.05, 0.1) is 18.3 Å². The van der Waals surface area contributed by atoms with Gasteiger partial charge in [0.1, 0.15) is 5.01 Å². The number of thiazole rings is 1. The molecule has 1 unspecified atom stereocenters. The fraction of sp³-hybridized carbons (Fsp3) is 0.538. The second-order valence-corrected chi connectivity index (χ2v) is 5.44. The van der Waals surface area contributed by atoms with Crippen LogP contribution in [0.5, 0.6) is 0 Å². The van der Waals surface area contributed by atoms with E-state index in [2.05, 4.69) is 27.0 Å². The fourth-order valence-corrected chi connectivity index (χ4v) is 2.93. The summed E-state index contributed by atoms with van der Waals surface area (Å²) < 4.78 is 6.95. The highest BCUT2D eigenvalue weighted by molar-refractivity contribution is 7.09. The Morgan fingerprint density at radius 2 is 2.26 bits per heavy atom. The van der Waals surface area contributed by atoms with Gasteiger partial charge >= 0.3 is 0 Å². The number of hydrogen-bond donors (Lipinski definition) is 1. The molecule has 0 bridgehead atoms. The van der Waals surface area contributed by atoms with Gasteiger partial charge in [-0.2, -0.15) is 5.10 Å². The minimum Gasteiger partial charge on any atom is -0.383 e. The summed E-state index contributed by atoms with van der Waals surface area (Å²) >= 11 is 1.68. The highest BCUT2D eigenvalue weighted by Crippen LogP contribution is 2.26. The molecule has 104 valence electrons. The van der Waals surface area contributed by atoms with Gasteiger partial charge in [-0.05, 0) is 13.8 Å². The monoisotopic (exact) mass is 280 g/mol. The van der Waals surface area contributed by atoms with Crippen LogP contribution in [0.25, 0.3) is 0 Å². The molecule has 2 aromatic heterocycles. The van der Waals surface area contributed by atoms with Gasteiger partial charge in [-0.25, -0.2) is 4.98 Å². The molecule has 0 amide bonds. The Morgan fingerprint density at radius 3 is 2.79 bits per heavy atom. The van der Waals surface area contributed by atoms with Crippen LogP contribution in [0.3, 0.4) is 0 Å². The molecule has 19 heavy (non-hydrogen) atoms. The molecule has 0 aliphatic heterocycles. The van der Waals surface area contributed by atoms with Crippen LogP contribution >= 0.6 is 11.3 Å². The molecular weight excluding hydrogens is 260 g/mol. The van der Waals surface area contributed by atoms with E-state index in [0.717, 1.165) is 22.9 Å². The highest BCUT2D eigenvalue weighted by atomic mass is 32.1. The minimum atomic E-state index is 0.0857. The fourth-order valence-electron chi connectivity index (χ4n) is 2.04. The molecule has 0 aliphatic rings. The Bertz CT molecular complexity index is 534. The summed E-state index contributed by atoms with van der Waals surface area (Å²) in [7, 11) is 3.65. The average Bonchev–Trinajstić information content (AvgIpc) is 2.92. The predicted molar refractivity (Wildman–Crippen MR) is 76.5 cm³/mol. The number of rotatable bonds is 6. The van der Waals surface area contributed by atoms with Crippen molar-refractivity contribution in [1.29, 1.82) is 0 Å². The number of hydrogen-bond acceptors (Lipinski definition) is 5. The van der Waals surface area contributed by atoms with Crippen molar-refractivity contribution in [2.45, 2.75) is 19.9 Å². The lowest BCUT2D eigenvalue weighted by Gasteiger charge is -2.15. The number of aromatic nitrogens is 3. The molecule has 1 atom stereocenters. The van der Waals surface area contributed by atoms with E-state index >= 15 is 0 Å². The molecule has 2 rings (SSSR count). The summed E-state index contributed by atoms with van der Waals surface area (Å²) in [5.74, 6) is 0. The van der Waals surface area contributed by atoms with Crippen LogP contribution in [-0.2, 0) is 11.8 Å². The van der Waals surface area contributed by atoms with Crippen LogP contribution < -0.4 is 5.32 Å². The van der Waals surface area contributed by atoms with E-state index in [4.69, 9.17) is 4.74 Å². The maximum Gasteiger partial charge on any atom is 0.115 e. The molecule has 0 aliphatic carbocycles. The predicted octanol–water partition coefficient (Wildman–Crippen LogP) is 1.82. The van der Waals surface area contributed by atoms with Crippen LogP contribution in [-0.4, -0.2) is 35.0 Å². The van der Waals surface area contributed by atoms with E-state index in [1.54, 1.807) is 18.4 Å². The second kappa shape index (κ2) is 6.27. The van der Waals surface area contributed by atoms with Crippen LogP contribution in [0.2, 0.25) is 0 Å². The van der Waals surface area contributed by atoms with Crippen molar-refractivity contribution in [2.75, 3.05) is 20.3 Å². The summed E-state index contributed by atoms with van der Waals surface area (Å²) in [6.45, 7) is 5.51. The Morgan fingerprint density at radius 1 is 1.47 bits per heavy atom. The highest BCUT2D eigenvalue weighted by Gasteiger charge is 2.20. The lowest BCUT2D eigenvalue weighted by molar-refractivity contribution is 0.197. The van der Waals surface area contributed by atoms with Crippen LogP contribution in [0.15, 0.2) is 11.6 Å². The topological polar surface area (TPSA) is 52.0 Å². The zero-order valence-corrected chi connectivity index (χ0v) is 12.6. The van der Waals surface area contributed by atoms with Gasteiger partial charge in [0.25, 0.3) is 0 Å². The third kappa shape index (κ3) is 3.40. The molecule has 0 radical (unpaired) electrons. The van der Waals surface area contributed by atoms with Crippen molar-refractivity contribution < 1.29 is 4.74 Å². The SMILES string of the molecule is COCCNC(c1nc(C)cs1)c1cn(C)nc1C. The molecule has 0 saturated heterocycles. The first-order valence-corrected chi connectivity index (χ1v) is 7.14. The summed E-state index contributed by atoms with van der Waals surface area (Å²) in [5.41, 5.74) is 3.26. The third-order valence-corrected chi connectivity index (χ3v) is 3.93. The average molecular weight is 280 g/mol. The number of methoxy groups -OCH3 is 1. The maximum atomic E-state index is 5.10. The van der Waals surface area contributed by atoms with E-state index in [-0.39, 0.29) is 6.04 Å². The molecule has 1 N–H and O–H groups in total. The van der Waals surface area contributed by atoms with Gasteiger partial charge in [0.2, 0.25) is 0 Å². The van der Waals surface area contributed by atoms with Gasteiger partial charge in [-0.1, -0.05) is 0 Å². The molecule has 5 nitrogen and oxygen atoms in total. The van der Waals surface area contributed by atoms with Crippen molar-refractivity contribution in [3.05, 3.63) is 33.5 Å². The smallest absolute Gasteiger partial charge is 0.115 e. The molecule has 0 aromatic carbocycles. The first-order valence-electron chi connectivity index (χ1n) is 6.26. The second-order valence-electron chi connectivity index (χ2n) is 4.55. The maximum absolute atomic E-state index is 5.10. The van der Waals surface area contributed by atoms with Crippen LogP contribution in [0, 0.1) is 13.8 Å². The van der Waals surface area contributed by atoms with Crippen LogP contribution in [0.4, 0.5) is 0 Å². The molecule has 0 saturated carbocycles. The summed E-state index contributed by atoms with van der Waals surface area (Å²) in [6, 6.07) is 0.0857. The summed E-state index contributed by atoms with van der Waals surface area (Å²) in [6.07, 6.45) is 2.05. The molecular formula is C13H20N4OS. The first kappa shape index (κ1) is 14.2. The number of nitrogens with zero attached hydrogens (tertiary/aromatic N) is 3. The van der Waals surface area contributed by atoms with Gasteiger partial charge < -0.3 is 10.1 Å². The zero-order chi connectivity index (χ0) is 13.8. The molecule has 2 heterocycles. The molecule has 0 spiro atoms. The number of aryl methyl sites for hydroxylation is 3. The Balaban J connectivity index is 2.26. The molecule has 0 fully saturated rings. The van der Waals surface area contributed by atoms with Crippen molar-refractivity contribution >= 4 is 11.3 Å². The quantitative estimate of drug-likeness (QED) is 0.820. The zero-order valence-electron chi connectivity index (χ0n) is 11.8. The van der Waals surface area contributed by atoms with E-state index in [9.17, 15) is 0 Å². The van der Waals surface area contributed by atoms with E-state index < -0.39 is 0 Å². The summed E-state index contributed by atoms with van der Waals surface area (Å²) in [4.78, 5) is 4.59. The number of ether oxygens (including phenoxy) is 1. The Hall–Kier alpha value is -1.24. The molecule has 2 aromatic rings. The van der Waals surface area contributed by atoms with Crippen molar-refractivity contribution in [2.24, 2.45) is 7.05 Å².